The molecular weight excluding hydrogens is 338 g/mol. The van der Waals surface area contributed by atoms with Crippen LogP contribution in [0.1, 0.15) is 63.2 Å². The van der Waals surface area contributed by atoms with Gasteiger partial charge in [0.15, 0.2) is 5.78 Å². The number of esters is 1. The standard InChI is InChI=1S/C19H23NO4S/c1-11(2)23-6-7-24-19(22)18-12(3)17-14(20-18)9-13(10-15(17)21)16-5-4-8-25-16/h4-5,8,11,13,20H,6-7,9-10H2,1-3H3/t13-/m1/s1. The highest BCUT2D eigenvalue weighted by molar-refractivity contribution is 7.10. The van der Waals surface area contributed by atoms with Crippen LogP contribution in [0, 0.1) is 6.92 Å². The van der Waals surface area contributed by atoms with Gasteiger partial charge in [-0.05, 0) is 44.2 Å². The maximum Gasteiger partial charge on any atom is 0.355 e. The van der Waals surface area contributed by atoms with Crippen molar-refractivity contribution in [2.75, 3.05) is 13.2 Å². The van der Waals surface area contributed by atoms with Gasteiger partial charge < -0.3 is 14.5 Å². The smallest absolute Gasteiger partial charge is 0.355 e. The van der Waals surface area contributed by atoms with Gasteiger partial charge in [0.05, 0.1) is 12.7 Å². The molecular formula is C19H23NO4S. The third-order valence-electron chi connectivity index (χ3n) is 4.41. The van der Waals surface area contributed by atoms with E-state index in [9.17, 15) is 9.59 Å². The molecule has 5 nitrogen and oxygen atoms in total. The van der Waals surface area contributed by atoms with Gasteiger partial charge in [-0.15, -0.1) is 11.3 Å². The van der Waals surface area contributed by atoms with Gasteiger partial charge >= 0.3 is 5.97 Å². The molecule has 1 atom stereocenters. The number of hydrogen-bond acceptors (Lipinski definition) is 5. The van der Waals surface area contributed by atoms with Crippen molar-refractivity contribution in [1.82, 2.24) is 4.98 Å². The molecule has 0 amide bonds. The Morgan fingerprint density at radius 3 is 2.84 bits per heavy atom. The normalized spacial score (nSPS) is 17.0. The van der Waals surface area contributed by atoms with Gasteiger partial charge in [-0.3, -0.25) is 4.79 Å². The Hall–Kier alpha value is -1.92. The highest BCUT2D eigenvalue weighted by Crippen LogP contribution is 2.36. The summed E-state index contributed by atoms with van der Waals surface area (Å²) in [6, 6.07) is 4.06. The van der Waals surface area contributed by atoms with Gasteiger partial charge in [0.25, 0.3) is 0 Å². The number of rotatable bonds is 6. The Balaban J connectivity index is 1.73. The predicted molar refractivity (Wildman–Crippen MR) is 96.6 cm³/mol. The van der Waals surface area contributed by atoms with Crippen LogP contribution in [0.3, 0.4) is 0 Å². The van der Waals surface area contributed by atoms with E-state index in [0.29, 0.717) is 29.8 Å². The molecule has 2 aromatic rings. The average molecular weight is 361 g/mol. The van der Waals surface area contributed by atoms with E-state index in [2.05, 4.69) is 11.1 Å². The average Bonchev–Trinajstić information content (AvgIpc) is 3.19. The number of thiophene rings is 1. The molecule has 0 spiro atoms. The predicted octanol–water partition coefficient (Wildman–Crippen LogP) is 3.88. The highest BCUT2D eigenvalue weighted by Gasteiger charge is 2.32. The minimum atomic E-state index is -0.431. The number of ether oxygens (including phenoxy) is 2. The third-order valence-corrected chi connectivity index (χ3v) is 5.44. The number of aromatic amines is 1. The molecule has 1 N–H and O–H groups in total. The van der Waals surface area contributed by atoms with Crippen molar-refractivity contribution in [3.63, 3.8) is 0 Å². The van der Waals surface area contributed by atoms with Crippen molar-refractivity contribution >= 4 is 23.1 Å². The van der Waals surface area contributed by atoms with Crippen LogP contribution in [-0.4, -0.2) is 36.1 Å². The number of ketones is 1. The summed E-state index contributed by atoms with van der Waals surface area (Å²) in [5, 5.41) is 2.03. The second-order valence-electron chi connectivity index (χ2n) is 6.58. The molecule has 6 heteroatoms. The van der Waals surface area contributed by atoms with Gasteiger partial charge in [-0.2, -0.15) is 0 Å². The fourth-order valence-corrected chi connectivity index (χ4v) is 4.08. The maximum absolute atomic E-state index is 12.6. The summed E-state index contributed by atoms with van der Waals surface area (Å²) >= 11 is 1.67. The van der Waals surface area contributed by atoms with Crippen LogP contribution in [0.4, 0.5) is 0 Å². The van der Waals surface area contributed by atoms with Crippen LogP contribution in [-0.2, 0) is 15.9 Å². The molecule has 2 heterocycles. The quantitative estimate of drug-likeness (QED) is 0.626. The van der Waals surface area contributed by atoms with Crippen LogP contribution in [0.25, 0.3) is 0 Å². The molecule has 0 radical (unpaired) electrons. The van der Waals surface area contributed by atoms with E-state index in [1.165, 1.54) is 4.88 Å². The molecule has 0 unspecified atom stereocenters. The molecule has 0 bridgehead atoms. The lowest BCUT2D eigenvalue weighted by atomic mass is 9.84. The zero-order valence-electron chi connectivity index (χ0n) is 14.8. The minimum absolute atomic E-state index is 0.0931. The molecule has 3 rings (SSSR count). The lowest BCUT2D eigenvalue weighted by molar-refractivity contribution is 0.0172. The lowest BCUT2D eigenvalue weighted by Crippen LogP contribution is -2.17. The molecule has 134 valence electrons. The van der Waals surface area contributed by atoms with Crippen molar-refractivity contribution < 1.29 is 19.1 Å². The van der Waals surface area contributed by atoms with Crippen molar-refractivity contribution in [2.45, 2.75) is 45.6 Å². The van der Waals surface area contributed by atoms with Crippen LogP contribution >= 0.6 is 11.3 Å². The molecule has 1 aliphatic rings. The van der Waals surface area contributed by atoms with Gasteiger partial charge in [-0.1, -0.05) is 6.07 Å². The zero-order chi connectivity index (χ0) is 18.0. The molecule has 0 aromatic carbocycles. The Bertz CT molecular complexity index is 761. The number of Topliss-reactive ketones (excluding diaryl/α,β-unsaturated/α-hetero) is 1. The first-order chi connectivity index (χ1) is 12.0. The van der Waals surface area contributed by atoms with Gasteiger partial charge in [0.2, 0.25) is 0 Å². The molecule has 0 fully saturated rings. The van der Waals surface area contributed by atoms with E-state index in [1.54, 1.807) is 18.3 Å². The van der Waals surface area contributed by atoms with Crippen LogP contribution < -0.4 is 0 Å². The number of carbonyl (C=O) groups is 2. The van der Waals surface area contributed by atoms with Crippen LogP contribution in [0.15, 0.2) is 17.5 Å². The van der Waals surface area contributed by atoms with Crippen molar-refractivity contribution in [1.29, 1.82) is 0 Å². The zero-order valence-corrected chi connectivity index (χ0v) is 15.6. The van der Waals surface area contributed by atoms with E-state index >= 15 is 0 Å². The maximum atomic E-state index is 12.6. The van der Waals surface area contributed by atoms with E-state index in [1.807, 2.05) is 25.3 Å². The summed E-state index contributed by atoms with van der Waals surface area (Å²) in [5.74, 6) is -0.156. The molecule has 0 saturated carbocycles. The first-order valence-corrected chi connectivity index (χ1v) is 9.42. The second-order valence-corrected chi connectivity index (χ2v) is 7.56. The van der Waals surface area contributed by atoms with E-state index < -0.39 is 5.97 Å². The number of aromatic nitrogens is 1. The lowest BCUT2D eigenvalue weighted by Gasteiger charge is -2.20. The number of fused-ring (bicyclic) bond motifs is 1. The number of carbonyl (C=O) groups excluding carboxylic acids is 2. The van der Waals surface area contributed by atoms with Crippen molar-refractivity contribution in [2.24, 2.45) is 0 Å². The molecule has 0 aliphatic heterocycles. The van der Waals surface area contributed by atoms with Crippen molar-refractivity contribution in [3.05, 3.63) is 44.9 Å². The van der Waals surface area contributed by atoms with E-state index in [0.717, 1.165) is 12.1 Å². The van der Waals surface area contributed by atoms with Crippen LogP contribution in [0.5, 0.6) is 0 Å². The first-order valence-electron chi connectivity index (χ1n) is 8.54. The highest BCUT2D eigenvalue weighted by atomic mass is 32.1. The van der Waals surface area contributed by atoms with Crippen LogP contribution in [0.2, 0.25) is 0 Å². The minimum Gasteiger partial charge on any atom is -0.459 e. The molecule has 1 aliphatic carbocycles. The first kappa shape index (κ1) is 17.9. The summed E-state index contributed by atoms with van der Waals surface area (Å²) in [7, 11) is 0. The Morgan fingerprint density at radius 1 is 1.36 bits per heavy atom. The van der Waals surface area contributed by atoms with Gasteiger partial charge in [-0.25, -0.2) is 4.79 Å². The number of hydrogen-bond donors (Lipinski definition) is 1. The fraction of sp³-hybridized carbons (Fsp3) is 0.474. The molecule has 25 heavy (non-hydrogen) atoms. The molecule has 0 saturated heterocycles. The van der Waals surface area contributed by atoms with Gasteiger partial charge in [0.1, 0.15) is 12.3 Å². The largest absolute Gasteiger partial charge is 0.459 e. The van der Waals surface area contributed by atoms with E-state index in [4.69, 9.17) is 9.47 Å². The Labute approximate surface area is 151 Å². The Morgan fingerprint density at radius 2 is 2.16 bits per heavy atom. The number of H-pyrrole nitrogens is 1. The summed E-state index contributed by atoms with van der Waals surface area (Å²) < 4.78 is 10.6. The molecule has 2 aromatic heterocycles. The van der Waals surface area contributed by atoms with E-state index in [-0.39, 0.29) is 24.4 Å². The summed E-state index contributed by atoms with van der Waals surface area (Å²) in [5.41, 5.74) is 2.59. The summed E-state index contributed by atoms with van der Waals surface area (Å²) in [6.45, 7) is 6.23. The number of nitrogens with one attached hydrogen (secondary N) is 1. The SMILES string of the molecule is Cc1c(C(=O)OCCOC(C)C)[nH]c2c1C(=O)C[C@H](c1cccs1)C2. The van der Waals surface area contributed by atoms with Gasteiger partial charge in [0, 0.05) is 28.5 Å². The second kappa shape index (κ2) is 7.54. The summed E-state index contributed by atoms with van der Waals surface area (Å²) in [6.07, 6.45) is 1.33. The fourth-order valence-electron chi connectivity index (χ4n) is 3.25. The summed E-state index contributed by atoms with van der Waals surface area (Å²) in [4.78, 5) is 29.3. The third kappa shape index (κ3) is 3.85. The topological polar surface area (TPSA) is 68.4 Å². The van der Waals surface area contributed by atoms with Crippen molar-refractivity contribution in [3.8, 4) is 0 Å². The monoisotopic (exact) mass is 361 g/mol. The Kier molecular flexibility index (Phi) is 5.39.